The van der Waals surface area contributed by atoms with Crippen molar-refractivity contribution >= 4 is 32.8 Å². The minimum atomic E-state index is -2.83. The zero-order valence-corrected chi connectivity index (χ0v) is 11.1. The fraction of sp³-hybridized carbons (Fsp3) is 0.600. The SMILES string of the molecule is NC(Cc1ccc(Cl)s1)C1CCS(=O)(=O)C1. The quantitative estimate of drug-likeness (QED) is 0.916. The van der Waals surface area contributed by atoms with Crippen molar-refractivity contribution in [1.82, 2.24) is 0 Å². The Kier molecular flexibility index (Phi) is 3.59. The molecule has 0 bridgehead atoms. The molecule has 0 amide bonds. The van der Waals surface area contributed by atoms with Crippen molar-refractivity contribution in [1.29, 1.82) is 0 Å². The molecule has 1 aliphatic heterocycles. The molecule has 1 saturated heterocycles. The molecule has 1 aromatic rings. The number of rotatable bonds is 3. The van der Waals surface area contributed by atoms with E-state index in [1.165, 1.54) is 11.3 Å². The number of sulfone groups is 1. The van der Waals surface area contributed by atoms with Crippen molar-refractivity contribution < 1.29 is 8.42 Å². The summed E-state index contributed by atoms with van der Waals surface area (Å²) in [4.78, 5) is 1.13. The molecule has 16 heavy (non-hydrogen) atoms. The lowest BCUT2D eigenvalue weighted by atomic mass is 9.97. The first-order valence-corrected chi connectivity index (χ1v) is 8.18. The fourth-order valence-electron chi connectivity index (χ4n) is 2.02. The molecule has 2 heterocycles. The van der Waals surface area contributed by atoms with Crippen LogP contribution in [0.5, 0.6) is 0 Å². The zero-order chi connectivity index (χ0) is 11.8. The monoisotopic (exact) mass is 279 g/mol. The van der Waals surface area contributed by atoms with Gasteiger partial charge in [-0.3, -0.25) is 0 Å². The van der Waals surface area contributed by atoms with Crippen LogP contribution < -0.4 is 5.73 Å². The van der Waals surface area contributed by atoms with E-state index in [1.807, 2.05) is 12.1 Å². The van der Waals surface area contributed by atoms with Gasteiger partial charge in [0, 0.05) is 10.9 Å². The number of nitrogens with two attached hydrogens (primary N) is 1. The number of halogens is 1. The van der Waals surface area contributed by atoms with Gasteiger partial charge in [0.25, 0.3) is 0 Å². The van der Waals surface area contributed by atoms with Gasteiger partial charge in [-0.1, -0.05) is 11.6 Å². The van der Waals surface area contributed by atoms with Gasteiger partial charge in [0.2, 0.25) is 0 Å². The summed E-state index contributed by atoms with van der Waals surface area (Å²) in [6.45, 7) is 0. The summed E-state index contributed by atoms with van der Waals surface area (Å²) in [6, 6.07) is 3.72. The Morgan fingerprint density at radius 3 is 2.81 bits per heavy atom. The summed E-state index contributed by atoms with van der Waals surface area (Å²) >= 11 is 7.34. The van der Waals surface area contributed by atoms with Crippen LogP contribution in [-0.4, -0.2) is 26.0 Å². The van der Waals surface area contributed by atoms with Gasteiger partial charge >= 0.3 is 0 Å². The molecule has 1 aromatic heterocycles. The zero-order valence-electron chi connectivity index (χ0n) is 8.73. The third-order valence-corrected chi connectivity index (χ3v) is 5.99. The van der Waals surface area contributed by atoms with Gasteiger partial charge in [-0.2, -0.15) is 0 Å². The number of hydrogen-bond acceptors (Lipinski definition) is 4. The lowest BCUT2D eigenvalue weighted by Crippen LogP contribution is -2.32. The highest BCUT2D eigenvalue weighted by molar-refractivity contribution is 7.91. The van der Waals surface area contributed by atoms with Crippen LogP contribution in [0.25, 0.3) is 0 Å². The van der Waals surface area contributed by atoms with Crippen LogP contribution in [0.4, 0.5) is 0 Å². The lowest BCUT2D eigenvalue weighted by Gasteiger charge is -2.16. The topological polar surface area (TPSA) is 60.2 Å². The molecule has 90 valence electrons. The number of hydrogen-bond donors (Lipinski definition) is 1. The third kappa shape index (κ3) is 2.97. The second-order valence-electron chi connectivity index (χ2n) is 4.24. The van der Waals surface area contributed by atoms with E-state index in [9.17, 15) is 8.42 Å². The van der Waals surface area contributed by atoms with Gasteiger partial charge < -0.3 is 5.73 Å². The molecule has 2 N–H and O–H groups in total. The Balaban J connectivity index is 1.96. The van der Waals surface area contributed by atoms with Crippen LogP contribution in [0.15, 0.2) is 12.1 Å². The predicted octanol–water partition coefficient (Wildman–Crippen LogP) is 1.71. The molecule has 6 heteroatoms. The lowest BCUT2D eigenvalue weighted by molar-refractivity contribution is 0.463. The highest BCUT2D eigenvalue weighted by atomic mass is 35.5. The largest absolute Gasteiger partial charge is 0.327 e. The fourth-order valence-corrected chi connectivity index (χ4v) is 5.08. The normalized spacial score (nSPS) is 25.8. The molecule has 1 aliphatic rings. The first-order valence-electron chi connectivity index (χ1n) is 5.16. The molecular weight excluding hydrogens is 266 g/mol. The minimum absolute atomic E-state index is 0.0769. The van der Waals surface area contributed by atoms with Crippen LogP contribution >= 0.6 is 22.9 Å². The Morgan fingerprint density at radius 2 is 2.31 bits per heavy atom. The smallest absolute Gasteiger partial charge is 0.150 e. The van der Waals surface area contributed by atoms with Crippen LogP contribution in [-0.2, 0) is 16.3 Å². The molecule has 0 aliphatic carbocycles. The van der Waals surface area contributed by atoms with E-state index in [-0.39, 0.29) is 23.5 Å². The molecule has 2 rings (SSSR count). The molecule has 2 atom stereocenters. The van der Waals surface area contributed by atoms with Crippen molar-refractivity contribution in [3.63, 3.8) is 0 Å². The van der Waals surface area contributed by atoms with Crippen molar-refractivity contribution in [3.8, 4) is 0 Å². The summed E-state index contributed by atoms with van der Waals surface area (Å²) in [5.41, 5.74) is 6.04. The number of thiophene rings is 1. The maximum Gasteiger partial charge on any atom is 0.150 e. The summed E-state index contributed by atoms with van der Waals surface area (Å²) in [6.07, 6.45) is 1.42. The molecule has 3 nitrogen and oxygen atoms in total. The molecule has 0 radical (unpaired) electrons. The summed E-state index contributed by atoms with van der Waals surface area (Å²) in [7, 11) is -2.83. The van der Waals surface area contributed by atoms with Gasteiger partial charge in [-0.15, -0.1) is 11.3 Å². The summed E-state index contributed by atoms with van der Waals surface area (Å²) in [5.74, 6) is 0.634. The maximum atomic E-state index is 11.3. The van der Waals surface area contributed by atoms with Gasteiger partial charge in [0.05, 0.1) is 15.8 Å². The second-order valence-corrected chi connectivity index (χ2v) is 8.27. The maximum absolute atomic E-state index is 11.3. The minimum Gasteiger partial charge on any atom is -0.327 e. The van der Waals surface area contributed by atoms with Gasteiger partial charge in [-0.25, -0.2) is 8.42 Å². The van der Waals surface area contributed by atoms with Crippen molar-refractivity contribution in [2.24, 2.45) is 11.7 Å². The van der Waals surface area contributed by atoms with Gasteiger partial charge in [-0.05, 0) is 30.9 Å². The van der Waals surface area contributed by atoms with E-state index in [0.29, 0.717) is 6.42 Å². The van der Waals surface area contributed by atoms with Gasteiger partial charge in [0.1, 0.15) is 0 Å². The molecule has 2 unspecified atom stereocenters. The second kappa shape index (κ2) is 4.64. The van der Waals surface area contributed by atoms with Gasteiger partial charge in [0.15, 0.2) is 9.84 Å². The Morgan fingerprint density at radius 1 is 1.56 bits per heavy atom. The molecule has 0 saturated carbocycles. The third-order valence-electron chi connectivity index (χ3n) is 2.94. The first kappa shape index (κ1) is 12.4. The van der Waals surface area contributed by atoms with Crippen LogP contribution in [0.1, 0.15) is 11.3 Å². The average Bonchev–Trinajstić information content (AvgIpc) is 2.72. The van der Waals surface area contributed by atoms with E-state index >= 15 is 0 Å². The van der Waals surface area contributed by atoms with Crippen LogP contribution in [0, 0.1) is 5.92 Å². The van der Waals surface area contributed by atoms with E-state index in [1.54, 1.807) is 0 Å². The Bertz CT molecular complexity index is 469. The van der Waals surface area contributed by atoms with Crippen LogP contribution in [0.2, 0.25) is 4.34 Å². The van der Waals surface area contributed by atoms with E-state index in [0.717, 1.165) is 15.6 Å². The van der Waals surface area contributed by atoms with Crippen molar-refractivity contribution in [2.75, 3.05) is 11.5 Å². The molecule has 1 fully saturated rings. The average molecular weight is 280 g/mol. The molecular formula is C10H14ClNO2S2. The first-order chi connectivity index (χ1) is 7.46. The van der Waals surface area contributed by atoms with E-state index in [4.69, 9.17) is 17.3 Å². The summed E-state index contributed by atoms with van der Waals surface area (Å²) < 4.78 is 23.4. The highest BCUT2D eigenvalue weighted by Crippen LogP contribution is 2.26. The van der Waals surface area contributed by atoms with Crippen molar-refractivity contribution in [2.45, 2.75) is 18.9 Å². The van der Waals surface area contributed by atoms with Crippen LogP contribution in [0.3, 0.4) is 0 Å². The Hall–Kier alpha value is -0.100. The standard InChI is InChI=1S/C10H14ClNO2S2/c11-10-2-1-8(15-10)5-9(12)7-3-4-16(13,14)6-7/h1-2,7,9H,3-6,12H2. The van der Waals surface area contributed by atoms with E-state index in [2.05, 4.69) is 0 Å². The summed E-state index contributed by atoms with van der Waals surface area (Å²) in [5, 5.41) is 0. The molecule has 0 spiro atoms. The Labute approximate surface area is 105 Å². The van der Waals surface area contributed by atoms with E-state index < -0.39 is 9.84 Å². The predicted molar refractivity (Wildman–Crippen MR) is 67.8 cm³/mol. The highest BCUT2D eigenvalue weighted by Gasteiger charge is 2.32. The van der Waals surface area contributed by atoms with Crippen molar-refractivity contribution in [3.05, 3.63) is 21.3 Å². The molecule has 0 aromatic carbocycles.